The minimum atomic E-state index is -0.0614. The molecule has 0 saturated carbocycles. The molecule has 3 heteroatoms. The first-order valence-corrected chi connectivity index (χ1v) is 4.11. The molecule has 0 spiro atoms. The smallest absolute Gasteiger partial charge is 0.0567 e. The van der Waals surface area contributed by atoms with Crippen LogP contribution in [0.3, 0.4) is 0 Å². The fraction of sp³-hybridized carbons (Fsp3) is 1.00. The van der Waals surface area contributed by atoms with Gasteiger partial charge in [0, 0.05) is 6.04 Å². The topological polar surface area (TPSA) is 32.3 Å². The summed E-state index contributed by atoms with van der Waals surface area (Å²) in [5.74, 6) is 0.648. The average molecular weight is 180 g/mol. The molecule has 1 aliphatic heterocycles. The van der Waals surface area contributed by atoms with Gasteiger partial charge in [0.15, 0.2) is 0 Å². The van der Waals surface area contributed by atoms with Crippen LogP contribution in [0.4, 0.5) is 0 Å². The van der Waals surface area contributed by atoms with Gasteiger partial charge in [-0.05, 0) is 25.3 Å². The lowest BCUT2D eigenvalue weighted by atomic mass is 9.93. The zero-order valence-electron chi connectivity index (χ0n) is 7.21. The lowest BCUT2D eigenvalue weighted by Crippen LogP contribution is -2.43. The number of aliphatic hydroxyl groups excluding tert-OH is 1. The molecule has 0 bridgehead atoms. The molecule has 0 unspecified atom stereocenters. The van der Waals surface area contributed by atoms with Crippen molar-refractivity contribution in [3.63, 3.8) is 0 Å². The lowest BCUT2D eigenvalue weighted by Gasteiger charge is -2.29. The Kier molecular flexibility index (Phi) is 5.06. The van der Waals surface area contributed by atoms with E-state index in [1.807, 2.05) is 0 Å². The Morgan fingerprint density at radius 2 is 2.09 bits per heavy atom. The summed E-state index contributed by atoms with van der Waals surface area (Å²) in [4.78, 5) is 0. The van der Waals surface area contributed by atoms with Gasteiger partial charge in [-0.15, -0.1) is 12.4 Å². The first kappa shape index (κ1) is 11.2. The minimum Gasteiger partial charge on any atom is -0.393 e. The van der Waals surface area contributed by atoms with E-state index in [0.717, 1.165) is 19.4 Å². The second-order valence-electron chi connectivity index (χ2n) is 3.48. The van der Waals surface area contributed by atoms with Crippen molar-refractivity contribution in [1.29, 1.82) is 0 Å². The van der Waals surface area contributed by atoms with Gasteiger partial charge in [-0.25, -0.2) is 0 Å². The maximum absolute atomic E-state index is 9.29. The molecule has 0 aromatic carbocycles. The molecule has 1 aliphatic rings. The minimum absolute atomic E-state index is 0. The zero-order valence-corrected chi connectivity index (χ0v) is 8.03. The summed E-state index contributed by atoms with van der Waals surface area (Å²) in [6, 6.07) is 0.531. The van der Waals surface area contributed by atoms with E-state index in [9.17, 15) is 5.11 Å². The molecule has 0 aromatic heterocycles. The highest BCUT2D eigenvalue weighted by Crippen LogP contribution is 2.14. The average Bonchev–Trinajstić information content (AvgIpc) is 1.88. The standard InChI is InChI=1S/C8H17NO.ClH/c1-6(2)8-5-7(10)3-4-9-8;/h6-10H,3-5H2,1-2H3;1H/t7-,8+;/m1./s1. The summed E-state index contributed by atoms with van der Waals surface area (Å²) in [5.41, 5.74) is 0. The fourth-order valence-electron chi connectivity index (χ4n) is 1.44. The lowest BCUT2D eigenvalue weighted by molar-refractivity contribution is 0.105. The van der Waals surface area contributed by atoms with Crippen molar-refractivity contribution in [3.05, 3.63) is 0 Å². The highest BCUT2D eigenvalue weighted by molar-refractivity contribution is 5.85. The van der Waals surface area contributed by atoms with E-state index in [0.29, 0.717) is 12.0 Å². The van der Waals surface area contributed by atoms with E-state index in [4.69, 9.17) is 0 Å². The molecule has 0 amide bonds. The van der Waals surface area contributed by atoms with E-state index >= 15 is 0 Å². The summed E-state index contributed by atoms with van der Waals surface area (Å²) in [6.07, 6.45) is 1.79. The molecule has 0 aliphatic carbocycles. The summed E-state index contributed by atoms with van der Waals surface area (Å²) < 4.78 is 0. The van der Waals surface area contributed by atoms with Crippen molar-refractivity contribution in [3.8, 4) is 0 Å². The largest absolute Gasteiger partial charge is 0.393 e. The van der Waals surface area contributed by atoms with Crippen LogP contribution in [0.1, 0.15) is 26.7 Å². The number of hydrogen-bond acceptors (Lipinski definition) is 2. The number of piperidine rings is 1. The maximum atomic E-state index is 9.29. The molecule has 1 saturated heterocycles. The molecule has 68 valence electrons. The van der Waals surface area contributed by atoms with Gasteiger partial charge in [0.1, 0.15) is 0 Å². The summed E-state index contributed by atoms with van der Waals surface area (Å²) in [6.45, 7) is 5.36. The second kappa shape index (κ2) is 4.96. The molecule has 1 heterocycles. The van der Waals surface area contributed by atoms with Gasteiger partial charge in [0.05, 0.1) is 6.10 Å². The van der Waals surface area contributed by atoms with Gasteiger partial charge >= 0.3 is 0 Å². The quantitative estimate of drug-likeness (QED) is 0.634. The molecular weight excluding hydrogens is 162 g/mol. The molecular formula is C8H18ClNO. The Bertz CT molecular complexity index is 108. The van der Waals surface area contributed by atoms with Gasteiger partial charge in [0.2, 0.25) is 0 Å². The number of hydrogen-bond donors (Lipinski definition) is 2. The molecule has 0 radical (unpaired) electrons. The monoisotopic (exact) mass is 179 g/mol. The molecule has 0 aromatic rings. The predicted octanol–water partition coefficient (Wildman–Crippen LogP) is 1.18. The highest BCUT2D eigenvalue weighted by Gasteiger charge is 2.21. The first-order chi connectivity index (χ1) is 4.70. The predicted molar refractivity (Wildman–Crippen MR) is 49.1 cm³/mol. The number of halogens is 1. The van der Waals surface area contributed by atoms with Crippen molar-refractivity contribution in [2.24, 2.45) is 5.92 Å². The fourth-order valence-corrected chi connectivity index (χ4v) is 1.44. The number of rotatable bonds is 1. The molecule has 2 N–H and O–H groups in total. The third kappa shape index (κ3) is 3.41. The molecule has 2 atom stereocenters. The van der Waals surface area contributed by atoms with Crippen LogP contribution in [0.2, 0.25) is 0 Å². The van der Waals surface area contributed by atoms with Crippen LogP contribution < -0.4 is 5.32 Å². The Morgan fingerprint density at radius 3 is 2.45 bits per heavy atom. The summed E-state index contributed by atoms with van der Waals surface area (Å²) in [7, 11) is 0. The summed E-state index contributed by atoms with van der Waals surface area (Å²) in [5, 5.41) is 12.7. The van der Waals surface area contributed by atoms with Gasteiger partial charge in [0.25, 0.3) is 0 Å². The van der Waals surface area contributed by atoms with Gasteiger partial charge in [-0.2, -0.15) is 0 Å². The van der Waals surface area contributed by atoms with Gasteiger partial charge < -0.3 is 10.4 Å². The third-order valence-electron chi connectivity index (χ3n) is 2.21. The Balaban J connectivity index is 0.000001000. The second-order valence-corrected chi connectivity index (χ2v) is 3.48. The van der Waals surface area contributed by atoms with E-state index < -0.39 is 0 Å². The van der Waals surface area contributed by atoms with Crippen LogP contribution in [0.15, 0.2) is 0 Å². The van der Waals surface area contributed by atoms with Crippen molar-refractivity contribution in [2.45, 2.75) is 38.8 Å². The normalized spacial score (nSPS) is 31.6. The Morgan fingerprint density at radius 1 is 1.45 bits per heavy atom. The molecule has 1 fully saturated rings. The van der Waals surface area contributed by atoms with Crippen molar-refractivity contribution in [2.75, 3.05) is 6.54 Å². The SMILES string of the molecule is CC(C)[C@@H]1C[C@H](O)CCN1.Cl. The highest BCUT2D eigenvalue weighted by atomic mass is 35.5. The molecule has 11 heavy (non-hydrogen) atoms. The first-order valence-electron chi connectivity index (χ1n) is 4.11. The molecule has 2 nitrogen and oxygen atoms in total. The van der Waals surface area contributed by atoms with Crippen molar-refractivity contribution < 1.29 is 5.11 Å². The van der Waals surface area contributed by atoms with Crippen molar-refractivity contribution >= 4 is 12.4 Å². The van der Waals surface area contributed by atoms with Crippen LogP contribution in [-0.2, 0) is 0 Å². The van der Waals surface area contributed by atoms with Crippen LogP contribution in [0.5, 0.6) is 0 Å². The van der Waals surface area contributed by atoms with Crippen LogP contribution in [-0.4, -0.2) is 23.8 Å². The van der Waals surface area contributed by atoms with Crippen molar-refractivity contribution in [1.82, 2.24) is 5.32 Å². The van der Waals surface area contributed by atoms with Gasteiger partial charge in [-0.3, -0.25) is 0 Å². The van der Waals surface area contributed by atoms with E-state index in [1.54, 1.807) is 0 Å². The Hall–Kier alpha value is 0.210. The van der Waals surface area contributed by atoms with E-state index in [2.05, 4.69) is 19.2 Å². The van der Waals surface area contributed by atoms with Crippen LogP contribution in [0, 0.1) is 5.92 Å². The van der Waals surface area contributed by atoms with E-state index in [1.165, 1.54) is 0 Å². The third-order valence-corrected chi connectivity index (χ3v) is 2.21. The van der Waals surface area contributed by atoms with Crippen LogP contribution in [0.25, 0.3) is 0 Å². The Labute approximate surface area is 74.8 Å². The van der Waals surface area contributed by atoms with E-state index in [-0.39, 0.29) is 18.5 Å². The van der Waals surface area contributed by atoms with Crippen LogP contribution >= 0.6 is 12.4 Å². The number of nitrogens with one attached hydrogen (secondary N) is 1. The summed E-state index contributed by atoms with van der Waals surface area (Å²) >= 11 is 0. The maximum Gasteiger partial charge on any atom is 0.0567 e. The molecule has 1 rings (SSSR count). The number of aliphatic hydroxyl groups is 1. The van der Waals surface area contributed by atoms with Gasteiger partial charge in [-0.1, -0.05) is 13.8 Å². The zero-order chi connectivity index (χ0) is 7.56.